The Morgan fingerprint density at radius 3 is 2.50 bits per heavy atom. The third-order valence-electron chi connectivity index (χ3n) is 5.85. The van der Waals surface area contributed by atoms with E-state index in [2.05, 4.69) is 77.9 Å². The molecule has 0 spiro atoms. The van der Waals surface area contributed by atoms with Crippen LogP contribution in [0.1, 0.15) is 17.5 Å². The van der Waals surface area contributed by atoms with Crippen LogP contribution < -0.4 is 4.74 Å². The second-order valence-corrected chi connectivity index (χ2v) is 8.03. The third kappa shape index (κ3) is 4.08. The summed E-state index contributed by atoms with van der Waals surface area (Å²) in [6.45, 7) is 7.97. The number of hydrogen-bond donors (Lipinski definition) is 0. The van der Waals surface area contributed by atoms with Gasteiger partial charge in [0.15, 0.2) is 0 Å². The molecule has 0 N–H and O–H groups in total. The van der Waals surface area contributed by atoms with Crippen LogP contribution in [-0.2, 0) is 13.5 Å². The maximum absolute atomic E-state index is 6.41. The zero-order valence-corrected chi connectivity index (χ0v) is 17.3. The van der Waals surface area contributed by atoms with Crippen LogP contribution in [0.5, 0.6) is 11.6 Å². The standard InChI is InChI=1S/C24H31N3O/c1-19-8-6-9-20(18-19)28-24-22(21-10-4-5-12-23(21)26(24)3)11-7-13-27-16-14-25(2)15-17-27/h4-6,8-10,12,18H,7,11,13-17H2,1-3H3. The van der Waals surface area contributed by atoms with Crippen LogP contribution >= 0.6 is 0 Å². The lowest BCUT2D eigenvalue weighted by atomic mass is 10.1. The average Bonchev–Trinajstić information content (AvgIpc) is 2.96. The Labute approximate surface area is 168 Å². The summed E-state index contributed by atoms with van der Waals surface area (Å²) >= 11 is 0. The van der Waals surface area contributed by atoms with Crippen LogP contribution in [-0.4, -0.2) is 54.1 Å². The summed E-state index contributed by atoms with van der Waals surface area (Å²) in [5.41, 5.74) is 3.78. The normalized spacial score (nSPS) is 16.0. The molecule has 148 valence electrons. The van der Waals surface area contributed by atoms with Gasteiger partial charge < -0.3 is 19.1 Å². The summed E-state index contributed by atoms with van der Waals surface area (Å²) in [4.78, 5) is 5.00. The van der Waals surface area contributed by atoms with Gasteiger partial charge in [-0.3, -0.25) is 0 Å². The molecule has 0 atom stereocenters. The predicted octanol–water partition coefficient (Wildman–Crippen LogP) is 4.46. The van der Waals surface area contributed by atoms with Crippen LogP contribution in [0, 0.1) is 6.92 Å². The third-order valence-corrected chi connectivity index (χ3v) is 5.85. The first-order valence-corrected chi connectivity index (χ1v) is 10.3. The first kappa shape index (κ1) is 19.0. The molecule has 2 aromatic carbocycles. The van der Waals surface area contributed by atoms with Gasteiger partial charge in [0.2, 0.25) is 5.88 Å². The van der Waals surface area contributed by atoms with E-state index < -0.39 is 0 Å². The summed E-state index contributed by atoms with van der Waals surface area (Å²) < 4.78 is 8.60. The molecular weight excluding hydrogens is 346 g/mol. The summed E-state index contributed by atoms with van der Waals surface area (Å²) in [5.74, 6) is 1.89. The maximum atomic E-state index is 6.41. The monoisotopic (exact) mass is 377 g/mol. The second kappa shape index (κ2) is 8.38. The molecule has 4 nitrogen and oxygen atoms in total. The molecule has 4 heteroatoms. The number of likely N-dealkylation sites (N-methyl/N-ethyl adjacent to an activating group) is 1. The highest BCUT2D eigenvalue weighted by Gasteiger charge is 2.18. The van der Waals surface area contributed by atoms with E-state index in [4.69, 9.17) is 4.74 Å². The van der Waals surface area contributed by atoms with Gasteiger partial charge in [-0.1, -0.05) is 30.3 Å². The number of aromatic nitrogens is 1. The second-order valence-electron chi connectivity index (χ2n) is 8.03. The number of benzene rings is 2. The van der Waals surface area contributed by atoms with E-state index in [1.165, 1.54) is 48.2 Å². The number of nitrogens with zero attached hydrogens (tertiary/aromatic N) is 3. The molecule has 1 saturated heterocycles. The highest BCUT2D eigenvalue weighted by atomic mass is 16.5. The zero-order chi connectivity index (χ0) is 19.5. The molecule has 0 saturated carbocycles. The van der Waals surface area contributed by atoms with Gasteiger partial charge in [-0.05, 0) is 57.1 Å². The number of para-hydroxylation sites is 1. The number of fused-ring (bicyclic) bond motifs is 1. The quantitative estimate of drug-likeness (QED) is 0.633. The fourth-order valence-electron chi connectivity index (χ4n) is 4.16. The first-order valence-electron chi connectivity index (χ1n) is 10.3. The van der Waals surface area contributed by atoms with Crippen molar-refractivity contribution in [3.8, 4) is 11.6 Å². The molecule has 0 unspecified atom stereocenters. The molecule has 0 bridgehead atoms. The summed E-state index contributed by atoms with van der Waals surface area (Å²) in [6.07, 6.45) is 2.19. The molecule has 1 aromatic heterocycles. The van der Waals surface area contributed by atoms with E-state index in [1.807, 2.05) is 6.07 Å². The largest absolute Gasteiger partial charge is 0.441 e. The molecule has 1 aliphatic heterocycles. The maximum Gasteiger partial charge on any atom is 0.204 e. The van der Waals surface area contributed by atoms with Crippen molar-refractivity contribution < 1.29 is 4.74 Å². The number of ether oxygens (including phenoxy) is 1. The van der Waals surface area contributed by atoms with Crippen molar-refractivity contribution in [1.29, 1.82) is 0 Å². The highest BCUT2D eigenvalue weighted by molar-refractivity contribution is 5.87. The van der Waals surface area contributed by atoms with Crippen molar-refractivity contribution >= 4 is 10.9 Å². The Morgan fingerprint density at radius 2 is 1.71 bits per heavy atom. The molecule has 0 amide bonds. The molecular formula is C24H31N3O. The van der Waals surface area contributed by atoms with Gasteiger partial charge in [-0.15, -0.1) is 0 Å². The minimum absolute atomic E-state index is 0.909. The smallest absolute Gasteiger partial charge is 0.204 e. The van der Waals surface area contributed by atoms with Crippen molar-refractivity contribution in [3.05, 3.63) is 59.7 Å². The fraction of sp³-hybridized carbons (Fsp3) is 0.417. The Hall–Kier alpha value is -2.30. The lowest BCUT2D eigenvalue weighted by molar-refractivity contribution is 0.153. The van der Waals surface area contributed by atoms with Crippen molar-refractivity contribution in [2.45, 2.75) is 19.8 Å². The number of hydrogen-bond acceptors (Lipinski definition) is 3. The van der Waals surface area contributed by atoms with Crippen LogP contribution in [0.15, 0.2) is 48.5 Å². The number of rotatable bonds is 6. The van der Waals surface area contributed by atoms with E-state index in [0.717, 1.165) is 31.0 Å². The molecule has 0 aliphatic carbocycles. The molecule has 1 fully saturated rings. The lowest BCUT2D eigenvalue weighted by Crippen LogP contribution is -2.44. The van der Waals surface area contributed by atoms with E-state index >= 15 is 0 Å². The summed E-state index contributed by atoms with van der Waals surface area (Å²) in [7, 11) is 4.32. The fourth-order valence-corrected chi connectivity index (χ4v) is 4.16. The van der Waals surface area contributed by atoms with Gasteiger partial charge in [0.25, 0.3) is 0 Å². The summed E-state index contributed by atoms with van der Waals surface area (Å²) in [5, 5.41) is 1.31. The van der Waals surface area contributed by atoms with Crippen molar-refractivity contribution in [1.82, 2.24) is 14.4 Å². The van der Waals surface area contributed by atoms with E-state index in [-0.39, 0.29) is 0 Å². The Morgan fingerprint density at radius 1 is 0.929 bits per heavy atom. The predicted molar refractivity (Wildman–Crippen MR) is 116 cm³/mol. The molecule has 4 rings (SSSR count). The minimum atomic E-state index is 0.909. The molecule has 1 aliphatic rings. The number of piperazine rings is 1. The molecule has 2 heterocycles. The molecule has 3 aromatic rings. The molecule has 28 heavy (non-hydrogen) atoms. The van der Waals surface area contributed by atoms with Crippen LogP contribution in [0.4, 0.5) is 0 Å². The molecule has 0 radical (unpaired) electrons. The van der Waals surface area contributed by atoms with Gasteiger partial charge >= 0.3 is 0 Å². The van der Waals surface area contributed by atoms with E-state index in [9.17, 15) is 0 Å². The van der Waals surface area contributed by atoms with E-state index in [1.54, 1.807) is 0 Å². The van der Waals surface area contributed by atoms with Crippen molar-refractivity contribution in [3.63, 3.8) is 0 Å². The van der Waals surface area contributed by atoms with Crippen molar-refractivity contribution in [2.75, 3.05) is 39.8 Å². The van der Waals surface area contributed by atoms with Gasteiger partial charge in [0.05, 0.1) is 5.52 Å². The van der Waals surface area contributed by atoms with E-state index in [0.29, 0.717) is 0 Å². The Balaban J connectivity index is 1.55. The SMILES string of the molecule is Cc1cccc(Oc2c(CCCN3CCN(C)CC3)c3ccccc3n2C)c1. The first-order chi connectivity index (χ1) is 13.6. The van der Waals surface area contributed by atoms with Crippen LogP contribution in [0.25, 0.3) is 10.9 Å². The van der Waals surface area contributed by atoms with Gasteiger partial charge in [0, 0.05) is 44.2 Å². The minimum Gasteiger partial charge on any atom is -0.441 e. The Bertz CT molecular complexity index is 938. The number of aryl methyl sites for hydroxylation is 3. The Kier molecular flexibility index (Phi) is 5.69. The zero-order valence-electron chi connectivity index (χ0n) is 17.3. The van der Waals surface area contributed by atoms with Crippen molar-refractivity contribution in [2.24, 2.45) is 7.05 Å². The van der Waals surface area contributed by atoms with Crippen LogP contribution in [0.3, 0.4) is 0 Å². The van der Waals surface area contributed by atoms with Crippen LogP contribution in [0.2, 0.25) is 0 Å². The van der Waals surface area contributed by atoms with Gasteiger partial charge in [0.1, 0.15) is 5.75 Å². The average molecular weight is 378 g/mol. The highest BCUT2D eigenvalue weighted by Crippen LogP contribution is 2.35. The lowest BCUT2D eigenvalue weighted by Gasteiger charge is -2.32. The van der Waals surface area contributed by atoms with Gasteiger partial charge in [-0.25, -0.2) is 0 Å². The topological polar surface area (TPSA) is 20.6 Å². The summed E-state index contributed by atoms with van der Waals surface area (Å²) in [6, 6.07) is 16.9. The van der Waals surface area contributed by atoms with Gasteiger partial charge in [-0.2, -0.15) is 0 Å².